The van der Waals surface area contributed by atoms with Crippen LogP contribution in [0.3, 0.4) is 0 Å². The predicted molar refractivity (Wildman–Crippen MR) is 65.3 cm³/mol. The Balaban J connectivity index is 2.32. The molecule has 1 saturated heterocycles. The fraction of sp³-hybridized carbons (Fsp3) is 0.250. The minimum absolute atomic E-state index is 0.0337. The van der Waals surface area contributed by atoms with Gasteiger partial charge in [-0.3, -0.25) is 4.90 Å². The highest BCUT2D eigenvalue weighted by molar-refractivity contribution is 5.96. The molecule has 3 N–H and O–H groups in total. The molecular formula is C12H15N3O. The van der Waals surface area contributed by atoms with E-state index in [-0.39, 0.29) is 6.03 Å². The van der Waals surface area contributed by atoms with Crippen LogP contribution in [0.5, 0.6) is 0 Å². The Morgan fingerprint density at radius 1 is 1.44 bits per heavy atom. The molecule has 16 heavy (non-hydrogen) atoms. The molecule has 1 aliphatic rings. The van der Waals surface area contributed by atoms with Crippen molar-refractivity contribution in [3.8, 4) is 0 Å². The van der Waals surface area contributed by atoms with Crippen molar-refractivity contribution >= 4 is 17.8 Å². The number of nitrogens with two attached hydrogens (primary N) is 1. The van der Waals surface area contributed by atoms with Gasteiger partial charge in [0.05, 0.1) is 5.69 Å². The lowest BCUT2D eigenvalue weighted by Gasteiger charge is -2.16. The lowest BCUT2D eigenvalue weighted by atomic mass is 10.1. The summed E-state index contributed by atoms with van der Waals surface area (Å²) >= 11 is 0. The molecule has 1 fully saturated rings. The second kappa shape index (κ2) is 4.81. The van der Waals surface area contributed by atoms with Crippen molar-refractivity contribution < 1.29 is 4.79 Å². The summed E-state index contributed by atoms with van der Waals surface area (Å²) in [5.41, 5.74) is 7.38. The number of hydrogen-bond acceptors (Lipinski definition) is 2. The molecule has 4 heteroatoms. The predicted octanol–water partition coefficient (Wildman–Crippen LogP) is 1.19. The zero-order valence-electron chi connectivity index (χ0n) is 9.02. The van der Waals surface area contributed by atoms with Crippen molar-refractivity contribution in [2.24, 2.45) is 5.73 Å². The first-order valence-electron chi connectivity index (χ1n) is 5.34. The summed E-state index contributed by atoms with van der Waals surface area (Å²) in [4.78, 5) is 13.3. The molecule has 1 aliphatic heterocycles. The molecule has 0 bridgehead atoms. The van der Waals surface area contributed by atoms with Crippen molar-refractivity contribution in [1.29, 1.82) is 0 Å². The third-order valence-corrected chi connectivity index (χ3v) is 2.52. The van der Waals surface area contributed by atoms with E-state index in [4.69, 9.17) is 5.73 Å². The second-order valence-corrected chi connectivity index (χ2v) is 3.58. The van der Waals surface area contributed by atoms with E-state index in [0.717, 1.165) is 11.3 Å². The van der Waals surface area contributed by atoms with Crippen LogP contribution < -0.4 is 16.0 Å². The molecule has 0 spiro atoms. The van der Waals surface area contributed by atoms with Gasteiger partial charge >= 0.3 is 6.03 Å². The topological polar surface area (TPSA) is 58.4 Å². The number of urea groups is 1. The van der Waals surface area contributed by atoms with Gasteiger partial charge in [-0.15, -0.1) is 0 Å². The van der Waals surface area contributed by atoms with E-state index in [9.17, 15) is 4.79 Å². The van der Waals surface area contributed by atoms with Gasteiger partial charge in [-0.2, -0.15) is 0 Å². The van der Waals surface area contributed by atoms with Crippen LogP contribution in [-0.2, 0) is 0 Å². The third-order valence-electron chi connectivity index (χ3n) is 2.52. The van der Waals surface area contributed by atoms with Crippen LogP contribution in [0.25, 0.3) is 6.08 Å². The molecule has 0 unspecified atom stereocenters. The number of amides is 2. The van der Waals surface area contributed by atoms with Crippen LogP contribution in [0.15, 0.2) is 30.3 Å². The van der Waals surface area contributed by atoms with Crippen LogP contribution in [0.1, 0.15) is 5.56 Å². The van der Waals surface area contributed by atoms with Gasteiger partial charge < -0.3 is 11.1 Å². The van der Waals surface area contributed by atoms with E-state index < -0.39 is 0 Å². The molecule has 1 aromatic carbocycles. The maximum absolute atomic E-state index is 11.6. The highest BCUT2D eigenvalue weighted by atomic mass is 16.2. The number of carbonyl (C=O) groups is 1. The minimum atomic E-state index is -0.0337. The summed E-state index contributed by atoms with van der Waals surface area (Å²) in [6.45, 7) is 1.92. The summed E-state index contributed by atoms with van der Waals surface area (Å²) in [6, 6.07) is 7.77. The van der Waals surface area contributed by atoms with E-state index in [1.54, 1.807) is 4.90 Å². The van der Waals surface area contributed by atoms with E-state index in [1.807, 2.05) is 36.4 Å². The van der Waals surface area contributed by atoms with Crippen LogP contribution in [0.2, 0.25) is 0 Å². The molecule has 1 aromatic rings. The Kier molecular flexibility index (Phi) is 3.22. The van der Waals surface area contributed by atoms with Gasteiger partial charge in [0.1, 0.15) is 0 Å². The van der Waals surface area contributed by atoms with Gasteiger partial charge in [0.15, 0.2) is 0 Å². The van der Waals surface area contributed by atoms with E-state index in [0.29, 0.717) is 19.6 Å². The molecule has 0 aromatic heterocycles. The smallest absolute Gasteiger partial charge is 0.322 e. The molecule has 0 saturated carbocycles. The first-order chi connectivity index (χ1) is 7.83. The molecule has 0 radical (unpaired) electrons. The number of carbonyl (C=O) groups excluding carboxylic acids is 1. The molecule has 2 rings (SSSR count). The summed E-state index contributed by atoms with van der Waals surface area (Å²) < 4.78 is 0. The van der Waals surface area contributed by atoms with Crippen molar-refractivity contribution in [3.05, 3.63) is 35.9 Å². The number of rotatable bonds is 3. The minimum Gasteiger partial charge on any atom is -0.336 e. The lowest BCUT2D eigenvalue weighted by molar-refractivity contribution is 0.252. The number of hydrogen-bond donors (Lipinski definition) is 2. The summed E-state index contributed by atoms with van der Waals surface area (Å²) in [6.07, 6.45) is 3.83. The van der Waals surface area contributed by atoms with Gasteiger partial charge in [0.25, 0.3) is 0 Å². The van der Waals surface area contributed by atoms with Crippen molar-refractivity contribution in [3.63, 3.8) is 0 Å². The Bertz CT molecular complexity index is 414. The maximum Gasteiger partial charge on any atom is 0.322 e. The van der Waals surface area contributed by atoms with Crippen LogP contribution in [0, 0.1) is 0 Å². The third kappa shape index (κ3) is 2.06. The zero-order chi connectivity index (χ0) is 11.4. The molecule has 0 aliphatic carbocycles. The Labute approximate surface area is 94.7 Å². The highest BCUT2D eigenvalue weighted by Gasteiger charge is 2.22. The number of anilines is 1. The average molecular weight is 217 g/mol. The number of nitrogens with one attached hydrogen (secondary N) is 1. The fourth-order valence-electron chi connectivity index (χ4n) is 1.77. The Morgan fingerprint density at radius 3 is 2.94 bits per heavy atom. The van der Waals surface area contributed by atoms with Gasteiger partial charge in [-0.05, 0) is 11.6 Å². The Hall–Kier alpha value is -1.81. The summed E-state index contributed by atoms with van der Waals surface area (Å²) in [5.74, 6) is 0. The quantitative estimate of drug-likeness (QED) is 0.799. The molecular weight excluding hydrogens is 202 g/mol. The molecule has 0 atom stereocenters. The first-order valence-corrected chi connectivity index (χ1v) is 5.34. The van der Waals surface area contributed by atoms with E-state index in [1.165, 1.54) is 0 Å². The summed E-state index contributed by atoms with van der Waals surface area (Å²) in [7, 11) is 0. The first kappa shape index (κ1) is 10.7. The second-order valence-electron chi connectivity index (χ2n) is 3.58. The number of benzene rings is 1. The fourth-order valence-corrected chi connectivity index (χ4v) is 1.77. The highest BCUT2D eigenvalue weighted by Crippen LogP contribution is 2.22. The number of para-hydroxylation sites is 1. The molecule has 2 amide bonds. The van der Waals surface area contributed by atoms with Crippen LogP contribution in [0.4, 0.5) is 10.5 Å². The average Bonchev–Trinajstić information content (AvgIpc) is 2.73. The zero-order valence-corrected chi connectivity index (χ0v) is 9.02. The Morgan fingerprint density at radius 2 is 2.25 bits per heavy atom. The SMILES string of the molecule is NC/C=C/c1ccccc1N1CCNC1=O. The van der Waals surface area contributed by atoms with Crippen LogP contribution in [-0.4, -0.2) is 25.7 Å². The molecule has 1 heterocycles. The molecule has 4 nitrogen and oxygen atoms in total. The maximum atomic E-state index is 11.6. The van der Waals surface area contributed by atoms with Crippen molar-refractivity contribution in [2.45, 2.75) is 0 Å². The van der Waals surface area contributed by atoms with Crippen LogP contribution >= 0.6 is 0 Å². The van der Waals surface area contributed by atoms with Gasteiger partial charge in [0.2, 0.25) is 0 Å². The van der Waals surface area contributed by atoms with Gasteiger partial charge in [-0.1, -0.05) is 30.4 Å². The lowest BCUT2D eigenvalue weighted by Crippen LogP contribution is -2.28. The normalized spacial score (nSPS) is 15.8. The van der Waals surface area contributed by atoms with Gasteiger partial charge in [0, 0.05) is 19.6 Å². The largest absolute Gasteiger partial charge is 0.336 e. The molecule has 84 valence electrons. The van der Waals surface area contributed by atoms with Gasteiger partial charge in [-0.25, -0.2) is 4.79 Å². The van der Waals surface area contributed by atoms with Crippen molar-refractivity contribution in [2.75, 3.05) is 24.5 Å². The van der Waals surface area contributed by atoms with E-state index in [2.05, 4.69) is 5.32 Å². The monoisotopic (exact) mass is 217 g/mol. The number of nitrogens with zero attached hydrogens (tertiary/aromatic N) is 1. The van der Waals surface area contributed by atoms with E-state index >= 15 is 0 Å². The van der Waals surface area contributed by atoms with Crippen molar-refractivity contribution in [1.82, 2.24) is 5.32 Å². The standard InChI is InChI=1S/C12H15N3O/c13-7-3-5-10-4-1-2-6-11(10)15-9-8-14-12(15)16/h1-6H,7-9,13H2,(H,14,16)/b5-3+. The summed E-state index contributed by atoms with van der Waals surface area (Å²) in [5, 5.41) is 2.79.